The minimum absolute atomic E-state index is 0.206. The van der Waals surface area contributed by atoms with E-state index in [2.05, 4.69) is 33.8 Å². The van der Waals surface area contributed by atoms with Crippen molar-refractivity contribution in [2.45, 2.75) is 32.1 Å². The topological polar surface area (TPSA) is 74.3 Å². The highest BCUT2D eigenvalue weighted by atomic mass is 32.2. The number of anilines is 1. The molecule has 0 aromatic carbocycles. The Morgan fingerprint density at radius 1 is 1.19 bits per heavy atom. The molecule has 0 atom stereocenters. The van der Waals surface area contributed by atoms with Crippen LogP contribution in [0, 0.1) is 0 Å². The Kier molecular flexibility index (Phi) is 7.63. The van der Waals surface area contributed by atoms with Crippen molar-refractivity contribution in [2.75, 3.05) is 38.0 Å². The Labute approximate surface area is 128 Å². The van der Waals surface area contributed by atoms with Gasteiger partial charge in [-0.2, -0.15) is 0 Å². The molecule has 1 aromatic heterocycles. The van der Waals surface area contributed by atoms with E-state index in [4.69, 9.17) is 0 Å². The molecule has 0 aliphatic rings. The van der Waals surface area contributed by atoms with Gasteiger partial charge in [0.2, 0.25) is 10.0 Å². The molecule has 0 spiro atoms. The highest BCUT2D eigenvalue weighted by Crippen LogP contribution is 2.17. The molecular formula is C14H26N4O2S. The summed E-state index contributed by atoms with van der Waals surface area (Å²) in [4.78, 5) is 6.49. The fourth-order valence-electron chi connectivity index (χ4n) is 1.94. The van der Waals surface area contributed by atoms with E-state index in [1.54, 1.807) is 18.3 Å². The molecule has 0 saturated heterocycles. The Balaban J connectivity index is 2.74. The summed E-state index contributed by atoms with van der Waals surface area (Å²) in [6, 6.07) is 3.21. The number of hydrogen-bond acceptors (Lipinski definition) is 5. The summed E-state index contributed by atoms with van der Waals surface area (Å²) < 4.78 is 27.4. The molecule has 0 bridgehead atoms. The van der Waals surface area contributed by atoms with E-state index in [0.29, 0.717) is 25.5 Å². The van der Waals surface area contributed by atoms with Gasteiger partial charge in [0.15, 0.2) is 0 Å². The number of pyridine rings is 1. The summed E-state index contributed by atoms with van der Waals surface area (Å²) >= 11 is 0. The predicted molar refractivity (Wildman–Crippen MR) is 86.0 cm³/mol. The highest BCUT2D eigenvalue weighted by Gasteiger charge is 2.18. The molecule has 2 N–H and O–H groups in total. The second-order valence-corrected chi connectivity index (χ2v) is 6.44. The van der Waals surface area contributed by atoms with Gasteiger partial charge in [-0.3, -0.25) is 0 Å². The molecule has 21 heavy (non-hydrogen) atoms. The number of likely N-dealkylation sites (N-methyl/N-ethyl adjacent to an activating group) is 1. The monoisotopic (exact) mass is 314 g/mol. The summed E-state index contributed by atoms with van der Waals surface area (Å²) in [7, 11) is -3.54. The van der Waals surface area contributed by atoms with Crippen molar-refractivity contribution in [3.63, 3.8) is 0 Å². The van der Waals surface area contributed by atoms with Crippen molar-refractivity contribution in [3.05, 3.63) is 18.3 Å². The minimum atomic E-state index is -3.54. The van der Waals surface area contributed by atoms with Crippen LogP contribution in [0.5, 0.6) is 0 Å². The van der Waals surface area contributed by atoms with Gasteiger partial charge in [0.1, 0.15) is 10.7 Å². The van der Waals surface area contributed by atoms with Crippen LogP contribution in [0.2, 0.25) is 0 Å². The van der Waals surface area contributed by atoms with Crippen LogP contribution in [0.3, 0.4) is 0 Å². The molecule has 7 heteroatoms. The van der Waals surface area contributed by atoms with Gasteiger partial charge in [-0.05, 0) is 31.6 Å². The van der Waals surface area contributed by atoms with Crippen LogP contribution in [0.1, 0.15) is 27.2 Å². The summed E-state index contributed by atoms with van der Waals surface area (Å²) in [5.41, 5.74) is 0. The molecule has 0 saturated carbocycles. The van der Waals surface area contributed by atoms with Crippen LogP contribution in [-0.2, 0) is 10.0 Å². The normalized spacial score (nSPS) is 11.8. The first-order valence-electron chi connectivity index (χ1n) is 7.46. The Morgan fingerprint density at radius 2 is 1.90 bits per heavy atom. The zero-order chi connectivity index (χ0) is 15.7. The van der Waals surface area contributed by atoms with Crippen molar-refractivity contribution in [2.24, 2.45) is 0 Å². The van der Waals surface area contributed by atoms with E-state index >= 15 is 0 Å². The van der Waals surface area contributed by atoms with E-state index in [-0.39, 0.29) is 4.90 Å². The smallest absolute Gasteiger partial charge is 0.244 e. The van der Waals surface area contributed by atoms with Gasteiger partial charge >= 0.3 is 0 Å². The average molecular weight is 314 g/mol. The standard InChI is InChI=1S/C14H26N4O2S/c1-4-9-15-14-13(8-7-10-16-14)21(19,20)17-11-12-18(5-2)6-3/h7-8,10,17H,4-6,9,11-12H2,1-3H3,(H,15,16). The molecule has 1 rings (SSSR count). The average Bonchev–Trinajstić information content (AvgIpc) is 2.49. The Bertz CT molecular complexity index is 515. The molecule has 0 unspecified atom stereocenters. The second kappa shape index (κ2) is 8.96. The number of rotatable bonds is 10. The lowest BCUT2D eigenvalue weighted by Crippen LogP contribution is -2.35. The van der Waals surface area contributed by atoms with Crippen molar-refractivity contribution < 1.29 is 8.42 Å². The lowest BCUT2D eigenvalue weighted by Gasteiger charge is -2.18. The molecule has 0 aliphatic heterocycles. The third kappa shape index (κ3) is 5.61. The third-order valence-electron chi connectivity index (χ3n) is 3.22. The summed E-state index contributed by atoms with van der Waals surface area (Å²) in [6.07, 6.45) is 2.50. The van der Waals surface area contributed by atoms with Crippen molar-refractivity contribution in [1.82, 2.24) is 14.6 Å². The molecule has 0 radical (unpaired) electrons. The largest absolute Gasteiger partial charge is 0.369 e. The fourth-order valence-corrected chi connectivity index (χ4v) is 3.09. The second-order valence-electron chi connectivity index (χ2n) is 4.70. The molecule has 0 fully saturated rings. The maximum Gasteiger partial charge on any atom is 0.244 e. The number of hydrogen-bond donors (Lipinski definition) is 2. The van der Waals surface area contributed by atoms with E-state index in [0.717, 1.165) is 19.5 Å². The number of sulfonamides is 1. The first-order valence-corrected chi connectivity index (χ1v) is 8.94. The Morgan fingerprint density at radius 3 is 2.52 bits per heavy atom. The number of nitrogens with one attached hydrogen (secondary N) is 2. The zero-order valence-corrected chi connectivity index (χ0v) is 13.9. The van der Waals surface area contributed by atoms with Crippen LogP contribution in [0.25, 0.3) is 0 Å². The quantitative estimate of drug-likeness (QED) is 0.685. The van der Waals surface area contributed by atoms with Gasteiger partial charge in [0.05, 0.1) is 0 Å². The van der Waals surface area contributed by atoms with Crippen LogP contribution in [0.15, 0.2) is 23.2 Å². The summed E-state index contributed by atoms with van der Waals surface area (Å²) in [5.74, 6) is 0.412. The van der Waals surface area contributed by atoms with Crippen LogP contribution in [0.4, 0.5) is 5.82 Å². The van der Waals surface area contributed by atoms with Crippen LogP contribution in [-0.4, -0.2) is 51.0 Å². The zero-order valence-electron chi connectivity index (χ0n) is 13.1. The predicted octanol–water partition coefficient (Wildman–Crippen LogP) is 1.52. The summed E-state index contributed by atoms with van der Waals surface area (Å²) in [6.45, 7) is 9.75. The van der Waals surface area contributed by atoms with Crippen LogP contribution < -0.4 is 10.0 Å². The number of nitrogens with zero attached hydrogens (tertiary/aromatic N) is 2. The van der Waals surface area contributed by atoms with Crippen LogP contribution >= 0.6 is 0 Å². The first kappa shape index (κ1) is 17.9. The molecule has 1 heterocycles. The van der Waals surface area contributed by atoms with Gasteiger partial charge in [-0.15, -0.1) is 0 Å². The molecule has 1 aromatic rings. The van der Waals surface area contributed by atoms with Crippen molar-refractivity contribution in [1.29, 1.82) is 0 Å². The lowest BCUT2D eigenvalue weighted by atomic mass is 10.4. The minimum Gasteiger partial charge on any atom is -0.369 e. The van der Waals surface area contributed by atoms with E-state index < -0.39 is 10.0 Å². The van der Waals surface area contributed by atoms with Crippen molar-refractivity contribution in [3.8, 4) is 0 Å². The van der Waals surface area contributed by atoms with Gasteiger partial charge < -0.3 is 10.2 Å². The first-order chi connectivity index (χ1) is 10.0. The van der Waals surface area contributed by atoms with Gasteiger partial charge in [0, 0.05) is 25.8 Å². The van der Waals surface area contributed by atoms with Gasteiger partial charge in [-0.25, -0.2) is 18.1 Å². The molecule has 0 aliphatic carbocycles. The van der Waals surface area contributed by atoms with Gasteiger partial charge in [0.25, 0.3) is 0 Å². The number of aromatic nitrogens is 1. The third-order valence-corrected chi connectivity index (χ3v) is 4.71. The van der Waals surface area contributed by atoms with Gasteiger partial charge in [-0.1, -0.05) is 20.8 Å². The molecule has 0 amide bonds. The lowest BCUT2D eigenvalue weighted by molar-refractivity contribution is 0.309. The molecule has 120 valence electrons. The van der Waals surface area contributed by atoms with E-state index in [1.165, 1.54) is 0 Å². The fraction of sp³-hybridized carbons (Fsp3) is 0.643. The maximum absolute atomic E-state index is 12.4. The van der Waals surface area contributed by atoms with E-state index in [9.17, 15) is 8.42 Å². The Hall–Kier alpha value is -1.18. The van der Waals surface area contributed by atoms with Crippen molar-refractivity contribution >= 4 is 15.8 Å². The summed E-state index contributed by atoms with van der Waals surface area (Å²) in [5, 5.41) is 3.05. The van der Waals surface area contributed by atoms with E-state index in [1.807, 2.05) is 6.92 Å². The molecular weight excluding hydrogens is 288 g/mol. The maximum atomic E-state index is 12.4. The SMILES string of the molecule is CCCNc1ncccc1S(=O)(=O)NCCN(CC)CC. The highest BCUT2D eigenvalue weighted by molar-refractivity contribution is 7.89. The molecule has 6 nitrogen and oxygen atoms in total.